The van der Waals surface area contributed by atoms with Gasteiger partial charge < -0.3 is 25.1 Å². The molecule has 0 bridgehead atoms. The zero-order valence-corrected chi connectivity index (χ0v) is 19.7. The first-order chi connectivity index (χ1) is 17.7. The lowest BCUT2D eigenvalue weighted by Crippen LogP contribution is -2.51. The molecule has 37 heavy (non-hydrogen) atoms. The number of halogens is 1. The van der Waals surface area contributed by atoms with Crippen LogP contribution < -0.4 is 5.73 Å². The van der Waals surface area contributed by atoms with Crippen molar-refractivity contribution in [1.29, 1.82) is 0 Å². The molecular weight excluding hydrogens is 483 g/mol. The minimum Gasteiger partial charge on any atom is -0.459 e. The molecule has 11 heteroatoms. The van der Waals surface area contributed by atoms with Gasteiger partial charge in [-0.25, -0.2) is 23.5 Å². The smallest absolute Gasteiger partial charge is 0.338 e. The highest BCUT2D eigenvalue weighted by molar-refractivity contribution is 5.90. The van der Waals surface area contributed by atoms with E-state index < -0.39 is 42.2 Å². The summed E-state index contributed by atoms with van der Waals surface area (Å²) in [5.74, 6) is -4.09. The van der Waals surface area contributed by atoms with Gasteiger partial charge in [-0.3, -0.25) is 0 Å². The van der Waals surface area contributed by atoms with Gasteiger partial charge in [-0.1, -0.05) is 36.4 Å². The standard InChI is InChI=1S/C26H23FN4O6/c1-25(27)21(36-24(33)17-10-6-3-7-11-17)19(14-35-23(32)16-8-4-2-5-9-16)37-26(25,34)20-13-12-18-22(28)29-15-30-31(18)20/h2-13,15,19,21,34H,14H2,1H3,(H2,28,29,30). The summed E-state index contributed by atoms with van der Waals surface area (Å²) < 4.78 is 34.5. The third-order valence-corrected chi connectivity index (χ3v) is 6.32. The molecule has 0 spiro atoms. The van der Waals surface area contributed by atoms with E-state index in [2.05, 4.69) is 10.1 Å². The van der Waals surface area contributed by atoms with E-state index in [1.165, 1.54) is 28.8 Å². The van der Waals surface area contributed by atoms with Gasteiger partial charge >= 0.3 is 11.9 Å². The maximum absolute atomic E-state index is 16.6. The Kier molecular flexibility index (Phi) is 6.10. The largest absolute Gasteiger partial charge is 0.459 e. The molecule has 1 fully saturated rings. The molecule has 0 radical (unpaired) electrons. The van der Waals surface area contributed by atoms with E-state index in [0.29, 0.717) is 5.52 Å². The zero-order valence-electron chi connectivity index (χ0n) is 19.7. The van der Waals surface area contributed by atoms with E-state index in [1.807, 2.05) is 0 Å². The minimum absolute atomic E-state index is 0.101. The Morgan fingerprint density at radius 1 is 1.05 bits per heavy atom. The summed E-state index contributed by atoms with van der Waals surface area (Å²) in [5, 5.41) is 15.7. The van der Waals surface area contributed by atoms with Crippen LogP contribution in [-0.4, -0.2) is 56.1 Å². The average molecular weight is 506 g/mol. The fourth-order valence-corrected chi connectivity index (χ4v) is 4.34. The lowest BCUT2D eigenvalue weighted by Gasteiger charge is -2.32. The first-order valence-electron chi connectivity index (χ1n) is 11.4. The molecule has 10 nitrogen and oxygen atoms in total. The summed E-state index contributed by atoms with van der Waals surface area (Å²) >= 11 is 0. The van der Waals surface area contributed by atoms with E-state index in [-0.39, 0.29) is 22.6 Å². The predicted molar refractivity (Wildman–Crippen MR) is 128 cm³/mol. The number of alkyl halides is 1. The van der Waals surface area contributed by atoms with Crippen LogP contribution in [0.15, 0.2) is 79.1 Å². The molecule has 4 unspecified atom stereocenters. The van der Waals surface area contributed by atoms with Gasteiger partial charge in [0.05, 0.1) is 11.1 Å². The van der Waals surface area contributed by atoms with E-state index in [4.69, 9.17) is 19.9 Å². The highest BCUT2D eigenvalue weighted by Crippen LogP contribution is 2.49. The summed E-state index contributed by atoms with van der Waals surface area (Å²) in [7, 11) is 0. The highest BCUT2D eigenvalue weighted by atomic mass is 19.1. The number of ether oxygens (including phenoxy) is 3. The maximum Gasteiger partial charge on any atom is 0.338 e. The van der Waals surface area contributed by atoms with Gasteiger partial charge in [-0.05, 0) is 43.3 Å². The number of hydrogen-bond acceptors (Lipinski definition) is 9. The van der Waals surface area contributed by atoms with Crippen LogP contribution in [0, 0.1) is 0 Å². The summed E-state index contributed by atoms with van der Waals surface area (Å²) in [5.41, 5.74) is 3.80. The molecule has 0 amide bonds. The number of nitrogen functional groups attached to an aromatic ring is 1. The number of anilines is 1. The van der Waals surface area contributed by atoms with Crippen molar-refractivity contribution < 1.29 is 33.3 Å². The number of rotatable bonds is 6. The molecule has 2 aromatic heterocycles. The van der Waals surface area contributed by atoms with E-state index in [0.717, 1.165) is 13.3 Å². The number of esters is 2. The van der Waals surface area contributed by atoms with Crippen LogP contribution in [0.1, 0.15) is 33.3 Å². The van der Waals surface area contributed by atoms with Gasteiger partial charge in [0.15, 0.2) is 11.9 Å². The fourth-order valence-electron chi connectivity index (χ4n) is 4.34. The summed E-state index contributed by atoms with van der Waals surface area (Å²) in [6, 6.07) is 19.0. The van der Waals surface area contributed by atoms with Gasteiger partial charge in [-0.15, -0.1) is 0 Å². The predicted octanol–water partition coefficient (Wildman–Crippen LogP) is 2.67. The van der Waals surface area contributed by atoms with Crippen molar-refractivity contribution in [3.8, 4) is 0 Å². The second-order valence-corrected chi connectivity index (χ2v) is 8.69. The number of fused-ring (bicyclic) bond motifs is 1. The van der Waals surface area contributed by atoms with Crippen LogP contribution in [0.3, 0.4) is 0 Å². The molecule has 190 valence electrons. The average Bonchev–Trinajstić information content (AvgIpc) is 3.43. The van der Waals surface area contributed by atoms with Crippen molar-refractivity contribution in [3.05, 3.63) is 95.9 Å². The van der Waals surface area contributed by atoms with Crippen LogP contribution in [0.25, 0.3) is 5.52 Å². The maximum atomic E-state index is 16.6. The molecule has 3 N–H and O–H groups in total. The second-order valence-electron chi connectivity index (χ2n) is 8.69. The van der Waals surface area contributed by atoms with Gasteiger partial charge in [-0.2, -0.15) is 5.10 Å². The van der Waals surface area contributed by atoms with Crippen LogP contribution in [0.2, 0.25) is 0 Å². The van der Waals surface area contributed by atoms with Crippen LogP contribution >= 0.6 is 0 Å². The zero-order chi connectivity index (χ0) is 26.2. The molecule has 0 saturated carbocycles. The Hall–Kier alpha value is -4.35. The Morgan fingerprint density at radius 2 is 1.68 bits per heavy atom. The number of carbonyl (C=O) groups is 2. The molecule has 5 rings (SSSR count). The number of aromatic nitrogens is 3. The Morgan fingerprint density at radius 3 is 2.32 bits per heavy atom. The minimum atomic E-state index is -2.71. The monoisotopic (exact) mass is 506 g/mol. The van der Waals surface area contributed by atoms with Crippen LogP contribution in [0.5, 0.6) is 0 Å². The lowest BCUT2D eigenvalue weighted by atomic mass is 9.89. The van der Waals surface area contributed by atoms with E-state index in [1.54, 1.807) is 48.5 Å². The van der Waals surface area contributed by atoms with Gasteiger partial charge in [0.2, 0.25) is 11.5 Å². The van der Waals surface area contributed by atoms with E-state index >= 15 is 4.39 Å². The summed E-state index contributed by atoms with van der Waals surface area (Å²) in [4.78, 5) is 29.3. The van der Waals surface area contributed by atoms with Crippen LogP contribution in [-0.2, 0) is 20.0 Å². The molecule has 1 saturated heterocycles. The number of hydrogen-bond donors (Lipinski definition) is 2. The molecule has 4 atom stereocenters. The third-order valence-electron chi connectivity index (χ3n) is 6.32. The summed E-state index contributed by atoms with van der Waals surface area (Å²) in [6.45, 7) is 0.529. The Balaban J connectivity index is 1.50. The Labute approximate surface area is 210 Å². The topological polar surface area (TPSA) is 138 Å². The molecule has 0 aliphatic carbocycles. The quantitative estimate of drug-likeness (QED) is 0.378. The number of carbonyl (C=O) groups excluding carboxylic acids is 2. The molecular formula is C26H23FN4O6. The Bertz CT molecular complexity index is 1450. The molecule has 3 heterocycles. The fraction of sp³-hybridized carbons (Fsp3) is 0.231. The van der Waals surface area contributed by atoms with Crippen LogP contribution in [0.4, 0.5) is 10.2 Å². The molecule has 1 aliphatic rings. The van der Waals surface area contributed by atoms with Gasteiger partial charge in [0.25, 0.3) is 0 Å². The molecule has 2 aromatic carbocycles. The normalized spacial score (nSPS) is 25.2. The molecule has 4 aromatic rings. The highest BCUT2D eigenvalue weighted by Gasteiger charge is 2.68. The van der Waals surface area contributed by atoms with Crippen molar-refractivity contribution in [2.75, 3.05) is 12.3 Å². The van der Waals surface area contributed by atoms with E-state index in [9.17, 15) is 14.7 Å². The SMILES string of the molecule is CC1(F)C(OC(=O)c2ccccc2)C(COC(=O)c2ccccc2)OC1(O)c1ccc2c(N)ncnn12. The number of nitrogens with two attached hydrogens (primary N) is 1. The summed E-state index contributed by atoms with van der Waals surface area (Å²) in [6.07, 6.45) is -1.89. The lowest BCUT2D eigenvalue weighted by molar-refractivity contribution is -0.256. The first-order valence-corrected chi connectivity index (χ1v) is 11.4. The van der Waals surface area contributed by atoms with Crippen molar-refractivity contribution in [2.24, 2.45) is 0 Å². The number of aliphatic hydroxyl groups is 1. The van der Waals surface area contributed by atoms with Crippen molar-refractivity contribution in [2.45, 2.75) is 30.6 Å². The third kappa shape index (κ3) is 4.17. The first kappa shape index (κ1) is 24.3. The second kappa shape index (κ2) is 9.26. The van der Waals surface area contributed by atoms with Crippen molar-refractivity contribution >= 4 is 23.3 Å². The van der Waals surface area contributed by atoms with Crippen molar-refractivity contribution in [1.82, 2.24) is 14.6 Å². The van der Waals surface area contributed by atoms with Gasteiger partial charge in [0, 0.05) is 0 Å². The van der Waals surface area contributed by atoms with Gasteiger partial charge in [0.1, 0.15) is 30.2 Å². The van der Waals surface area contributed by atoms with Crippen molar-refractivity contribution in [3.63, 3.8) is 0 Å². The number of benzene rings is 2. The molecule has 1 aliphatic heterocycles. The number of nitrogens with zero attached hydrogens (tertiary/aromatic N) is 3.